The number of benzene rings is 2. The van der Waals surface area contributed by atoms with Gasteiger partial charge in [0.1, 0.15) is 0 Å². The van der Waals surface area contributed by atoms with Gasteiger partial charge in [-0.2, -0.15) is 5.10 Å². The molecule has 0 unspecified atom stereocenters. The number of hydrogen-bond donors (Lipinski definition) is 0. The normalized spacial score (nSPS) is 14.3. The van der Waals surface area contributed by atoms with Gasteiger partial charge in [0.25, 0.3) is 5.91 Å². The Bertz CT molecular complexity index is 1710. The summed E-state index contributed by atoms with van der Waals surface area (Å²) in [7, 11) is 1.77. The van der Waals surface area contributed by atoms with Gasteiger partial charge >= 0.3 is 5.69 Å². The summed E-state index contributed by atoms with van der Waals surface area (Å²) < 4.78 is 32.5. The highest BCUT2D eigenvalue weighted by Crippen LogP contribution is 2.28. The maximum atomic E-state index is 14.0. The van der Waals surface area contributed by atoms with E-state index in [1.165, 1.54) is 10.7 Å². The number of halogens is 2. The van der Waals surface area contributed by atoms with Gasteiger partial charge in [0.15, 0.2) is 17.3 Å². The van der Waals surface area contributed by atoms with E-state index >= 15 is 0 Å². The Kier molecular flexibility index (Phi) is 5.86. The van der Waals surface area contributed by atoms with Gasteiger partial charge in [-0.25, -0.2) is 18.3 Å². The van der Waals surface area contributed by atoms with Crippen LogP contribution in [-0.2, 0) is 7.05 Å². The lowest BCUT2D eigenvalue weighted by Gasteiger charge is -2.32. The Labute approximate surface area is 216 Å². The molecule has 0 spiro atoms. The number of pyridine rings is 1. The molecule has 1 aliphatic heterocycles. The highest BCUT2D eigenvalue weighted by atomic mass is 19.2. The lowest BCUT2D eigenvalue weighted by molar-refractivity contribution is 0.0688. The summed E-state index contributed by atoms with van der Waals surface area (Å²) in [5, 5.41) is 4.50. The van der Waals surface area contributed by atoms with Crippen molar-refractivity contribution in [1.82, 2.24) is 28.8 Å². The quantitative estimate of drug-likeness (QED) is 0.358. The van der Waals surface area contributed by atoms with Crippen molar-refractivity contribution in [3.8, 4) is 16.9 Å². The van der Waals surface area contributed by atoms with Crippen LogP contribution < -0.4 is 5.69 Å². The second-order valence-corrected chi connectivity index (χ2v) is 9.38. The van der Waals surface area contributed by atoms with Gasteiger partial charge in [-0.3, -0.25) is 18.9 Å². The molecule has 4 heterocycles. The third kappa shape index (κ3) is 3.98. The van der Waals surface area contributed by atoms with E-state index in [4.69, 9.17) is 0 Å². The molecule has 1 aliphatic rings. The van der Waals surface area contributed by atoms with E-state index in [9.17, 15) is 18.4 Å². The van der Waals surface area contributed by atoms with E-state index in [2.05, 4.69) is 10.1 Å². The number of nitrogens with zero attached hydrogens (tertiary/aromatic N) is 6. The molecular weight excluding hydrogens is 490 g/mol. The molecule has 1 amide bonds. The molecule has 5 aromatic rings. The largest absolute Gasteiger partial charge is 0.337 e. The predicted octanol–water partition coefficient (Wildman–Crippen LogP) is 4.34. The number of hydrogen-bond acceptors (Lipinski definition) is 4. The van der Waals surface area contributed by atoms with Crippen LogP contribution in [0.15, 0.2) is 77.9 Å². The van der Waals surface area contributed by atoms with Crippen LogP contribution >= 0.6 is 0 Å². The van der Waals surface area contributed by atoms with Crippen LogP contribution in [0.3, 0.4) is 0 Å². The van der Waals surface area contributed by atoms with E-state index in [0.29, 0.717) is 37.3 Å². The summed E-state index contributed by atoms with van der Waals surface area (Å²) >= 11 is 0. The Hall–Kier alpha value is -4.60. The van der Waals surface area contributed by atoms with Gasteiger partial charge < -0.3 is 4.90 Å². The summed E-state index contributed by atoms with van der Waals surface area (Å²) in [4.78, 5) is 32.2. The zero-order valence-electron chi connectivity index (χ0n) is 20.6. The number of para-hydroxylation sites is 2. The number of imidazole rings is 1. The van der Waals surface area contributed by atoms with Crippen molar-refractivity contribution in [3.05, 3.63) is 101 Å². The minimum atomic E-state index is -1.00. The standard InChI is InChI=1S/C28H24F2N6O2/c1-33-24-4-2-3-5-25(24)35(28(33)38)19-10-14-34(15-11-19)27(37)23-17-26(18-8-12-31-13-9-18)36(32-23)20-6-7-21(29)22(30)16-20/h2-9,12-13,16-17,19H,10-11,14-15H2,1H3. The highest BCUT2D eigenvalue weighted by Gasteiger charge is 2.29. The lowest BCUT2D eigenvalue weighted by atomic mass is 10.0. The highest BCUT2D eigenvalue weighted by molar-refractivity contribution is 5.93. The second-order valence-electron chi connectivity index (χ2n) is 9.38. The molecule has 8 nitrogen and oxygen atoms in total. The molecule has 6 rings (SSSR count). The summed E-state index contributed by atoms with van der Waals surface area (Å²) in [6.07, 6.45) is 4.47. The Morgan fingerprint density at radius 3 is 2.34 bits per heavy atom. The number of carbonyl (C=O) groups excluding carboxylic acids is 1. The molecule has 38 heavy (non-hydrogen) atoms. The number of likely N-dealkylation sites (tertiary alicyclic amines) is 1. The van der Waals surface area contributed by atoms with Crippen molar-refractivity contribution in [1.29, 1.82) is 0 Å². The van der Waals surface area contributed by atoms with Crippen LogP contribution in [0.5, 0.6) is 0 Å². The summed E-state index contributed by atoms with van der Waals surface area (Å²) in [5.74, 6) is -2.22. The molecule has 10 heteroatoms. The average molecular weight is 515 g/mol. The van der Waals surface area contributed by atoms with Crippen LogP contribution in [-0.4, -0.2) is 47.8 Å². The van der Waals surface area contributed by atoms with Gasteiger partial charge in [0.2, 0.25) is 0 Å². The lowest BCUT2D eigenvalue weighted by Crippen LogP contribution is -2.41. The first kappa shape index (κ1) is 23.8. The van der Waals surface area contributed by atoms with E-state index in [0.717, 1.165) is 28.7 Å². The number of aromatic nitrogens is 5. The molecule has 192 valence electrons. The van der Waals surface area contributed by atoms with Crippen molar-refractivity contribution in [2.45, 2.75) is 18.9 Å². The van der Waals surface area contributed by atoms with E-state index in [1.54, 1.807) is 47.1 Å². The molecule has 2 aromatic carbocycles. The van der Waals surface area contributed by atoms with E-state index < -0.39 is 11.6 Å². The first-order valence-electron chi connectivity index (χ1n) is 12.3. The minimum absolute atomic E-state index is 0.0234. The molecule has 0 radical (unpaired) electrons. The zero-order chi connectivity index (χ0) is 26.4. The van der Waals surface area contributed by atoms with Gasteiger partial charge in [-0.1, -0.05) is 12.1 Å². The SMILES string of the molecule is Cn1c(=O)n(C2CCN(C(=O)c3cc(-c4ccncc4)n(-c4ccc(F)c(F)c4)n3)CC2)c2ccccc21. The van der Waals surface area contributed by atoms with Crippen molar-refractivity contribution in [2.75, 3.05) is 13.1 Å². The molecule has 0 atom stereocenters. The Morgan fingerprint density at radius 2 is 1.63 bits per heavy atom. The predicted molar refractivity (Wildman–Crippen MR) is 138 cm³/mol. The summed E-state index contributed by atoms with van der Waals surface area (Å²) in [5.41, 5.74) is 3.47. The van der Waals surface area contributed by atoms with Crippen molar-refractivity contribution < 1.29 is 13.6 Å². The van der Waals surface area contributed by atoms with Crippen LogP contribution in [0.4, 0.5) is 8.78 Å². The fraction of sp³-hybridized carbons (Fsp3) is 0.214. The third-order valence-electron chi connectivity index (χ3n) is 7.16. The number of rotatable bonds is 4. The molecule has 1 fully saturated rings. The summed E-state index contributed by atoms with van der Waals surface area (Å²) in [6.45, 7) is 0.920. The number of amides is 1. The maximum absolute atomic E-state index is 14.0. The molecule has 0 bridgehead atoms. The molecule has 1 saturated heterocycles. The smallest absolute Gasteiger partial charge is 0.329 e. The van der Waals surface area contributed by atoms with Crippen molar-refractivity contribution in [2.24, 2.45) is 7.05 Å². The molecule has 3 aromatic heterocycles. The van der Waals surface area contributed by atoms with Gasteiger partial charge in [0.05, 0.1) is 22.4 Å². The van der Waals surface area contributed by atoms with Gasteiger partial charge in [-0.05, 0) is 55.3 Å². The van der Waals surface area contributed by atoms with Crippen molar-refractivity contribution >= 4 is 16.9 Å². The van der Waals surface area contributed by atoms with Gasteiger partial charge in [0, 0.05) is 50.2 Å². The number of aryl methyl sites for hydroxylation is 1. The van der Waals surface area contributed by atoms with E-state index in [1.807, 2.05) is 28.8 Å². The zero-order valence-corrected chi connectivity index (χ0v) is 20.6. The molecule has 0 N–H and O–H groups in total. The molecular formula is C28H24F2N6O2. The van der Waals surface area contributed by atoms with Crippen LogP contribution in [0.25, 0.3) is 28.0 Å². The van der Waals surface area contributed by atoms with Crippen LogP contribution in [0.2, 0.25) is 0 Å². The number of fused-ring (bicyclic) bond motifs is 1. The maximum Gasteiger partial charge on any atom is 0.329 e. The minimum Gasteiger partial charge on any atom is -0.337 e. The third-order valence-corrected chi connectivity index (χ3v) is 7.16. The van der Waals surface area contributed by atoms with Crippen LogP contribution in [0.1, 0.15) is 29.4 Å². The fourth-order valence-corrected chi connectivity index (χ4v) is 5.19. The Balaban J connectivity index is 1.28. The van der Waals surface area contributed by atoms with Crippen molar-refractivity contribution in [3.63, 3.8) is 0 Å². The average Bonchev–Trinajstić information content (AvgIpc) is 3.50. The number of piperidine rings is 1. The van der Waals surface area contributed by atoms with Crippen LogP contribution in [0, 0.1) is 11.6 Å². The second kappa shape index (κ2) is 9.37. The monoisotopic (exact) mass is 514 g/mol. The summed E-state index contributed by atoms with van der Waals surface area (Å²) in [6, 6.07) is 16.3. The topological polar surface area (TPSA) is 78.0 Å². The Morgan fingerprint density at radius 1 is 0.921 bits per heavy atom. The number of carbonyl (C=O) groups is 1. The fourth-order valence-electron chi connectivity index (χ4n) is 5.19. The molecule has 0 saturated carbocycles. The van der Waals surface area contributed by atoms with E-state index in [-0.39, 0.29) is 23.3 Å². The first-order valence-corrected chi connectivity index (χ1v) is 12.3. The first-order chi connectivity index (χ1) is 18.4. The molecule has 0 aliphatic carbocycles. The van der Waals surface area contributed by atoms with Gasteiger partial charge in [-0.15, -0.1) is 0 Å².